The third kappa shape index (κ3) is 2.34. The number of rotatable bonds is 2. The molecule has 0 unspecified atom stereocenters. The van der Waals surface area contributed by atoms with E-state index in [1.165, 1.54) is 7.11 Å². The number of oxime groups is 1. The Balaban J connectivity index is 3.80. The Kier molecular flexibility index (Phi) is 2.84. The molecule has 3 heteroatoms. The van der Waals surface area contributed by atoms with E-state index in [2.05, 4.69) is 9.99 Å². The van der Waals surface area contributed by atoms with Gasteiger partial charge in [-0.05, 0) is 13.8 Å². The van der Waals surface area contributed by atoms with Crippen molar-refractivity contribution < 1.29 is 4.84 Å². The average Bonchev–Trinajstić information content (AvgIpc) is 1.67. The van der Waals surface area contributed by atoms with Crippen molar-refractivity contribution >= 4 is 11.4 Å². The van der Waals surface area contributed by atoms with Crippen LogP contribution in [0.25, 0.3) is 0 Å². The highest BCUT2D eigenvalue weighted by Gasteiger charge is 1.90. The molecule has 0 saturated heterocycles. The predicted molar refractivity (Wildman–Crippen MR) is 33.5 cm³/mol. The molecule has 0 heterocycles. The number of hydrogen-bond donors (Lipinski definition) is 1. The molecule has 0 aromatic rings. The van der Waals surface area contributed by atoms with E-state index in [0.717, 1.165) is 0 Å². The van der Waals surface area contributed by atoms with Gasteiger partial charge in [0.05, 0.1) is 11.4 Å². The molecule has 3 nitrogen and oxygen atoms in total. The molecule has 0 atom stereocenters. The largest absolute Gasteiger partial charge is 0.399 e. The first kappa shape index (κ1) is 7.14. The van der Waals surface area contributed by atoms with Gasteiger partial charge in [-0.15, -0.1) is 0 Å². The van der Waals surface area contributed by atoms with Crippen molar-refractivity contribution in [3.63, 3.8) is 0 Å². The first-order chi connectivity index (χ1) is 3.68. The van der Waals surface area contributed by atoms with Crippen LogP contribution in [-0.2, 0) is 4.84 Å². The van der Waals surface area contributed by atoms with Crippen molar-refractivity contribution in [2.75, 3.05) is 7.11 Å². The fraction of sp³-hybridized carbons (Fsp3) is 0.600. The summed E-state index contributed by atoms with van der Waals surface area (Å²) in [7, 11) is 1.46. The van der Waals surface area contributed by atoms with Crippen LogP contribution in [0.1, 0.15) is 13.8 Å². The molecule has 8 heavy (non-hydrogen) atoms. The first-order valence-corrected chi connectivity index (χ1v) is 2.31. The van der Waals surface area contributed by atoms with Crippen LogP contribution in [0.15, 0.2) is 5.16 Å². The zero-order valence-electron chi connectivity index (χ0n) is 5.36. The molecule has 1 N–H and O–H groups in total. The Morgan fingerprint density at radius 1 is 1.50 bits per heavy atom. The minimum Gasteiger partial charge on any atom is -0.399 e. The van der Waals surface area contributed by atoms with Gasteiger partial charge in [-0.1, -0.05) is 5.16 Å². The highest BCUT2D eigenvalue weighted by Crippen LogP contribution is 1.79. The maximum Gasteiger partial charge on any atom is 0.106 e. The number of hydrogen-bond acceptors (Lipinski definition) is 3. The van der Waals surface area contributed by atoms with E-state index in [1.54, 1.807) is 13.8 Å². The Hall–Kier alpha value is -0.860. The Bertz CT molecular complexity index is 118. The molecule has 0 aliphatic carbocycles. The molecule has 0 aromatic heterocycles. The lowest BCUT2D eigenvalue weighted by Crippen LogP contribution is -2.02. The lowest BCUT2D eigenvalue weighted by atomic mass is 10.3. The zero-order chi connectivity index (χ0) is 6.57. The van der Waals surface area contributed by atoms with Gasteiger partial charge in [0.25, 0.3) is 0 Å². The summed E-state index contributed by atoms with van der Waals surface area (Å²) in [6.45, 7) is 3.39. The molecule has 0 amide bonds. The van der Waals surface area contributed by atoms with Gasteiger partial charge in [0.1, 0.15) is 7.11 Å². The van der Waals surface area contributed by atoms with E-state index in [9.17, 15) is 0 Å². The lowest BCUT2D eigenvalue weighted by Gasteiger charge is -1.91. The van der Waals surface area contributed by atoms with E-state index in [1.807, 2.05) is 0 Å². The van der Waals surface area contributed by atoms with Gasteiger partial charge in [0.15, 0.2) is 0 Å². The fourth-order valence-corrected chi connectivity index (χ4v) is 0.205. The quantitative estimate of drug-likeness (QED) is 0.423. The molecule has 0 fully saturated rings. The van der Waals surface area contributed by atoms with Crippen LogP contribution in [0, 0.1) is 5.41 Å². The van der Waals surface area contributed by atoms with Crippen LogP contribution in [-0.4, -0.2) is 18.5 Å². The third-order valence-corrected chi connectivity index (χ3v) is 0.771. The lowest BCUT2D eigenvalue weighted by molar-refractivity contribution is 0.214. The average molecular weight is 114 g/mol. The van der Waals surface area contributed by atoms with Crippen LogP contribution < -0.4 is 0 Å². The standard InChI is InChI=1S/C5H10N2O/c1-4(6)5(2)7-8-3/h6H,1-3H3/b6-4?,7-5-. The van der Waals surface area contributed by atoms with Crippen molar-refractivity contribution in [2.45, 2.75) is 13.8 Å². The summed E-state index contributed by atoms with van der Waals surface area (Å²) < 4.78 is 0. The minimum absolute atomic E-state index is 0.437. The van der Waals surface area contributed by atoms with Gasteiger partial charge in [-0.2, -0.15) is 0 Å². The number of nitrogens with one attached hydrogen (secondary N) is 1. The van der Waals surface area contributed by atoms with Crippen molar-refractivity contribution in [2.24, 2.45) is 5.16 Å². The van der Waals surface area contributed by atoms with Crippen LogP contribution in [0.5, 0.6) is 0 Å². The van der Waals surface area contributed by atoms with Crippen molar-refractivity contribution in [3.05, 3.63) is 0 Å². The Morgan fingerprint density at radius 3 is 2.12 bits per heavy atom. The predicted octanol–water partition coefficient (Wildman–Crippen LogP) is 1.05. The van der Waals surface area contributed by atoms with Gasteiger partial charge < -0.3 is 10.2 Å². The van der Waals surface area contributed by atoms with Crippen LogP contribution >= 0.6 is 0 Å². The second kappa shape index (κ2) is 3.18. The summed E-state index contributed by atoms with van der Waals surface area (Å²) in [4.78, 5) is 4.41. The highest BCUT2D eigenvalue weighted by atomic mass is 16.6. The molecule has 0 aliphatic rings. The number of nitrogens with zero attached hydrogens (tertiary/aromatic N) is 1. The summed E-state index contributed by atoms with van der Waals surface area (Å²) in [5.74, 6) is 0. The Morgan fingerprint density at radius 2 is 2.00 bits per heavy atom. The second-order valence-electron chi connectivity index (χ2n) is 1.48. The molecule has 0 spiro atoms. The smallest absolute Gasteiger partial charge is 0.106 e. The fourth-order valence-electron chi connectivity index (χ4n) is 0.205. The molecule has 0 aromatic carbocycles. The molecule has 0 rings (SSSR count). The molecule has 0 aliphatic heterocycles. The molecular formula is C5H10N2O. The molecule has 0 saturated carbocycles. The normalized spacial score (nSPS) is 11.1. The van der Waals surface area contributed by atoms with Gasteiger partial charge in [-0.25, -0.2) is 0 Å². The van der Waals surface area contributed by atoms with Crippen LogP contribution in [0.2, 0.25) is 0 Å². The Labute approximate surface area is 48.8 Å². The monoisotopic (exact) mass is 114 g/mol. The highest BCUT2D eigenvalue weighted by molar-refractivity contribution is 6.39. The summed E-state index contributed by atoms with van der Waals surface area (Å²) in [6, 6.07) is 0. The van der Waals surface area contributed by atoms with E-state index >= 15 is 0 Å². The summed E-state index contributed by atoms with van der Waals surface area (Å²) in [5.41, 5.74) is 1.05. The van der Waals surface area contributed by atoms with Gasteiger partial charge in [0.2, 0.25) is 0 Å². The minimum atomic E-state index is 0.437. The first-order valence-electron chi connectivity index (χ1n) is 2.31. The van der Waals surface area contributed by atoms with E-state index in [4.69, 9.17) is 5.41 Å². The van der Waals surface area contributed by atoms with E-state index < -0.39 is 0 Å². The molecule has 46 valence electrons. The van der Waals surface area contributed by atoms with E-state index in [0.29, 0.717) is 11.4 Å². The van der Waals surface area contributed by atoms with Crippen molar-refractivity contribution in [1.29, 1.82) is 5.41 Å². The van der Waals surface area contributed by atoms with Crippen LogP contribution in [0.4, 0.5) is 0 Å². The summed E-state index contributed by atoms with van der Waals surface area (Å²) >= 11 is 0. The van der Waals surface area contributed by atoms with Gasteiger partial charge >= 0.3 is 0 Å². The summed E-state index contributed by atoms with van der Waals surface area (Å²) in [6.07, 6.45) is 0. The van der Waals surface area contributed by atoms with Gasteiger partial charge in [0, 0.05) is 0 Å². The molecular weight excluding hydrogens is 104 g/mol. The second-order valence-corrected chi connectivity index (χ2v) is 1.48. The van der Waals surface area contributed by atoms with Crippen molar-refractivity contribution in [3.8, 4) is 0 Å². The maximum absolute atomic E-state index is 6.99. The van der Waals surface area contributed by atoms with Crippen molar-refractivity contribution in [1.82, 2.24) is 0 Å². The molecule has 0 bridgehead atoms. The molecule has 0 radical (unpaired) electrons. The maximum atomic E-state index is 6.99. The zero-order valence-corrected chi connectivity index (χ0v) is 5.36. The van der Waals surface area contributed by atoms with Gasteiger partial charge in [-0.3, -0.25) is 0 Å². The summed E-state index contributed by atoms with van der Waals surface area (Å²) in [5, 5.41) is 10.5. The topological polar surface area (TPSA) is 45.4 Å². The van der Waals surface area contributed by atoms with Crippen LogP contribution in [0.3, 0.4) is 0 Å². The van der Waals surface area contributed by atoms with E-state index in [-0.39, 0.29) is 0 Å². The SMILES string of the molecule is CO/N=C(/C)C(C)=N. The third-order valence-electron chi connectivity index (χ3n) is 0.771.